The predicted molar refractivity (Wildman–Crippen MR) is 40.7 cm³/mol. The van der Waals surface area contributed by atoms with Crippen LogP contribution in [0, 0.1) is 0 Å². The lowest BCUT2D eigenvalue weighted by molar-refractivity contribution is -0.142. The van der Waals surface area contributed by atoms with Gasteiger partial charge in [0.2, 0.25) is 0 Å². The zero-order chi connectivity index (χ0) is 7.82. The molecular formula is C8H14O2. The molecule has 0 aliphatic carbocycles. The minimum absolute atomic E-state index is 0.111. The molecule has 0 aliphatic rings. The van der Waals surface area contributed by atoms with Crippen molar-refractivity contribution in [3.8, 4) is 0 Å². The van der Waals surface area contributed by atoms with Gasteiger partial charge in [0, 0.05) is 6.42 Å². The lowest BCUT2D eigenvalue weighted by atomic mass is 10.3. The summed E-state index contributed by atoms with van der Waals surface area (Å²) in [6, 6.07) is 0. The summed E-state index contributed by atoms with van der Waals surface area (Å²) in [6.45, 7) is 4.23. The molecule has 0 saturated carbocycles. The van der Waals surface area contributed by atoms with Crippen LogP contribution >= 0.6 is 0 Å². The topological polar surface area (TPSA) is 26.3 Å². The van der Waals surface area contributed by atoms with Crippen molar-refractivity contribution in [1.29, 1.82) is 0 Å². The molecule has 0 aromatic rings. The fourth-order valence-electron chi connectivity index (χ4n) is 0.601. The van der Waals surface area contributed by atoms with Crippen LogP contribution in [0.15, 0.2) is 12.2 Å². The van der Waals surface area contributed by atoms with Crippen LogP contribution < -0.4 is 0 Å². The Bertz CT molecular complexity index is 116. The van der Waals surface area contributed by atoms with Gasteiger partial charge >= 0.3 is 5.97 Å². The summed E-state index contributed by atoms with van der Waals surface area (Å²) in [4.78, 5) is 10.7. The van der Waals surface area contributed by atoms with Crippen LogP contribution in [0.3, 0.4) is 0 Å². The Balaban J connectivity index is 3.21. The Kier molecular flexibility index (Phi) is 5.83. The van der Waals surface area contributed by atoms with Gasteiger partial charge in [0.25, 0.3) is 0 Å². The molecule has 0 aliphatic heterocycles. The molecule has 0 fully saturated rings. The Hall–Kier alpha value is -0.790. The molecule has 2 heteroatoms. The molecule has 10 heavy (non-hydrogen) atoms. The Morgan fingerprint density at radius 2 is 2.30 bits per heavy atom. The summed E-state index contributed by atoms with van der Waals surface area (Å²) in [7, 11) is 0. The molecule has 0 aromatic carbocycles. The maximum Gasteiger partial charge on any atom is 0.306 e. The monoisotopic (exact) mass is 142 g/mol. The molecule has 0 unspecified atom stereocenters. The van der Waals surface area contributed by atoms with E-state index in [1.54, 1.807) is 0 Å². The van der Waals surface area contributed by atoms with Crippen molar-refractivity contribution in [3.63, 3.8) is 0 Å². The second-order valence-corrected chi connectivity index (χ2v) is 1.91. The molecule has 0 atom stereocenters. The van der Waals surface area contributed by atoms with E-state index in [-0.39, 0.29) is 5.97 Å². The van der Waals surface area contributed by atoms with Crippen LogP contribution in [0.25, 0.3) is 0 Å². The fraction of sp³-hybridized carbons (Fsp3) is 0.625. The summed E-state index contributed by atoms with van der Waals surface area (Å²) in [5, 5.41) is 0. The highest BCUT2D eigenvalue weighted by atomic mass is 16.5. The lowest BCUT2D eigenvalue weighted by Crippen LogP contribution is -2.02. The second kappa shape index (κ2) is 6.33. The Morgan fingerprint density at radius 3 is 2.80 bits per heavy atom. The number of hydrogen-bond donors (Lipinski definition) is 0. The summed E-state index contributed by atoms with van der Waals surface area (Å²) in [5.41, 5.74) is 0. The molecular weight excluding hydrogens is 128 g/mol. The van der Waals surface area contributed by atoms with E-state index in [0.717, 1.165) is 6.42 Å². The molecule has 58 valence electrons. The van der Waals surface area contributed by atoms with Crippen molar-refractivity contribution in [2.24, 2.45) is 0 Å². The van der Waals surface area contributed by atoms with Gasteiger partial charge in [-0.15, -0.1) is 0 Å². The van der Waals surface area contributed by atoms with Gasteiger partial charge in [0.05, 0.1) is 6.61 Å². The first-order valence-corrected chi connectivity index (χ1v) is 3.58. The molecule has 0 bridgehead atoms. The zero-order valence-corrected chi connectivity index (χ0v) is 6.59. The number of carbonyl (C=O) groups excluding carboxylic acids is 1. The van der Waals surface area contributed by atoms with Crippen molar-refractivity contribution < 1.29 is 9.53 Å². The van der Waals surface area contributed by atoms with Crippen molar-refractivity contribution in [2.45, 2.75) is 26.7 Å². The third kappa shape index (κ3) is 5.35. The number of ether oxygens (including phenoxy) is 1. The van der Waals surface area contributed by atoms with E-state index in [9.17, 15) is 4.79 Å². The van der Waals surface area contributed by atoms with Crippen LogP contribution in [0.1, 0.15) is 26.7 Å². The van der Waals surface area contributed by atoms with Crippen molar-refractivity contribution in [2.75, 3.05) is 6.61 Å². The summed E-state index contributed by atoms with van der Waals surface area (Å²) in [5.74, 6) is -0.111. The van der Waals surface area contributed by atoms with Crippen LogP contribution in [0.5, 0.6) is 0 Å². The van der Waals surface area contributed by atoms with E-state index >= 15 is 0 Å². The molecule has 0 saturated heterocycles. The van der Waals surface area contributed by atoms with E-state index in [2.05, 4.69) is 0 Å². The number of carbonyl (C=O) groups is 1. The van der Waals surface area contributed by atoms with E-state index in [4.69, 9.17) is 4.74 Å². The molecule has 0 radical (unpaired) electrons. The van der Waals surface area contributed by atoms with Crippen molar-refractivity contribution in [1.82, 2.24) is 0 Å². The maximum atomic E-state index is 10.7. The average Bonchev–Trinajstić information content (AvgIpc) is 1.89. The predicted octanol–water partition coefficient (Wildman–Crippen LogP) is 1.91. The van der Waals surface area contributed by atoms with Gasteiger partial charge in [-0.1, -0.05) is 12.2 Å². The highest BCUT2D eigenvalue weighted by Crippen LogP contribution is 1.93. The van der Waals surface area contributed by atoms with Gasteiger partial charge in [0.15, 0.2) is 0 Å². The Labute approximate surface area is 61.9 Å². The van der Waals surface area contributed by atoms with Gasteiger partial charge in [-0.3, -0.25) is 4.79 Å². The molecule has 0 aromatic heterocycles. The molecule has 0 amide bonds. The molecule has 0 spiro atoms. The van der Waals surface area contributed by atoms with Crippen molar-refractivity contribution in [3.05, 3.63) is 12.2 Å². The number of allylic oxidation sites excluding steroid dienone is 2. The van der Waals surface area contributed by atoms with Crippen LogP contribution in [0.2, 0.25) is 0 Å². The minimum Gasteiger partial charge on any atom is -0.466 e. The van der Waals surface area contributed by atoms with Gasteiger partial charge in [-0.25, -0.2) is 0 Å². The van der Waals surface area contributed by atoms with Crippen LogP contribution in [0.4, 0.5) is 0 Å². The average molecular weight is 142 g/mol. The Morgan fingerprint density at radius 1 is 1.60 bits per heavy atom. The third-order valence-corrected chi connectivity index (χ3v) is 1.06. The van der Waals surface area contributed by atoms with E-state index in [1.165, 1.54) is 0 Å². The third-order valence-electron chi connectivity index (χ3n) is 1.06. The van der Waals surface area contributed by atoms with Gasteiger partial charge < -0.3 is 4.74 Å². The van der Waals surface area contributed by atoms with Gasteiger partial charge in [0.1, 0.15) is 0 Å². The minimum atomic E-state index is -0.111. The SMILES string of the molecule is C/C=C/CCC(=O)OCC. The molecule has 0 heterocycles. The lowest BCUT2D eigenvalue weighted by Gasteiger charge is -1.97. The van der Waals surface area contributed by atoms with Gasteiger partial charge in [-0.2, -0.15) is 0 Å². The van der Waals surface area contributed by atoms with Crippen molar-refractivity contribution >= 4 is 5.97 Å². The van der Waals surface area contributed by atoms with E-state index < -0.39 is 0 Å². The first-order valence-electron chi connectivity index (χ1n) is 3.58. The molecule has 2 nitrogen and oxygen atoms in total. The standard InChI is InChI=1S/C8H14O2/c1-3-5-6-7-8(9)10-4-2/h3,5H,4,6-7H2,1-2H3/b5-3+. The smallest absolute Gasteiger partial charge is 0.306 e. The molecule has 0 N–H and O–H groups in total. The molecule has 0 rings (SSSR count). The summed E-state index contributed by atoms with van der Waals surface area (Å²) in [6.07, 6.45) is 5.17. The van der Waals surface area contributed by atoms with Gasteiger partial charge in [-0.05, 0) is 20.3 Å². The normalized spacial score (nSPS) is 10.2. The summed E-state index contributed by atoms with van der Waals surface area (Å²) < 4.78 is 4.72. The zero-order valence-electron chi connectivity index (χ0n) is 6.59. The fourth-order valence-corrected chi connectivity index (χ4v) is 0.601. The number of hydrogen-bond acceptors (Lipinski definition) is 2. The maximum absolute atomic E-state index is 10.7. The number of rotatable bonds is 4. The quantitative estimate of drug-likeness (QED) is 0.442. The first-order chi connectivity index (χ1) is 4.81. The second-order valence-electron chi connectivity index (χ2n) is 1.91. The largest absolute Gasteiger partial charge is 0.466 e. The van der Waals surface area contributed by atoms with E-state index in [1.807, 2.05) is 26.0 Å². The van der Waals surface area contributed by atoms with E-state index in [0.29, 0.717) is 13.0 Å². The highest BCUT2D eigenvalue weighted by molar-refractivity contribution is 5.69. The summed E-state index contributed by atoms with van der Waals surface area (Å²) >= 11 is 0. The van der Waals surface area contributed by atoms with Crippen LogP contribution in [-0.2, 0) is 9.53 Å². The highest BCUT2D eigenvalue weighted by Gasteiger charge is 1.96. The van der Waals surface area contributed by atoms with Crippen LogP contribution in [-0.4, -0.2) is 12.6 Å². The first kappa shape index (κ1) is 9.21. The number of esters is 1.